The van der Waals surface area contributed by atoms with Crippen molar-refractivity contribution in [3.05, 3.63) is 59.7 Å². The van der Waals surface area contributed by atoms with Gasteiger partial charge in [-0.05, 0) is 36.8 Å². The van der Waals surface area contributed by atoms with Gasteiger partial charge in [-0.3, -0.25) is 9.69 Å². The van der Waals surface area contributed by atoms with Gasteiger partial charge in [-0.15, -0.1) is 0 Å². The number of carbonyl (C=O) groups is 1. The van der Waals surface area contributed by atoms with Gasteiger partial charge in [-0.2, -0.15) is 0 Å². The molecule has 3 rings (SSSR count). The van der Waals surface area contributed by atoms with Gasteiger partial charge in [-0.1, -0.05) is 24.3 Å². The second kappa shape index (κ2) is 8.03. The molecule has 3 N–H and O–H groups in total. The van der Waals surface area contributed by atoms with Crippen LogP contribution in [0.2, 0.25) is 0 Å². The predicted octanol–water partition coefficient (Wildman–Crippen LogP) is 2.33. The zero-order valence-electron chi connectivity index (χ0n) is 14.7. The molecule has 1 saturated heterocycles. The van der Waals surface area contributed by atoms with Gasteiger partial charge in [0.2, 0.25) is 0 Å². The fourth-order valence-corrected chi connectivity index (χ4v) is 3.24. The van der Waals surface area contributed by atoms with Crippen molar-refractivity contribution < 1.29 is 4.79 Å². The minimum atomic E-state index is -0.390. The number of primary amides is 1. The van der Waals surface area contributed by atoms with Crippen LogP contribution in [0.1, 0.15) is 15.9 Å². The number of nitrogens with two attached hydrogens (primary N) is 1. The highest BCUT2D eigenvalue weighted by molar-refractivity contribution is 5.98. The molecule has 1 amide bonds. The molecule has 0 spiro atoms. The van der Waals surface area contributed by atoms with E-state index in [-0.39, 0.29) is 5.91 Å². The van der Waals surface area contributed by atoms with Gasteiger partial charge in [0.15, 0.2) is 0 Å². The van der Waals surface area contributed by atoms with Crippen LogP contribution in [0.25, 0.3) is 0 Å². The van der Waals surface area contributed by atoms with E-state index in [9.17, 15) is 4.79 Å². The Labute approximate surface area is 149 Å². The Bertz CT molecular complexity index is 709. The van der Waals surface area contributed by atoms with Crippen LogP contribution in [0.3, 0.4) is 0 Å². The molecule has 0 saturated carbocycles. The van der Waals surface area contributed by atoms with Gasteiger partial charge < -0.3 is 16.0 Å². The van der Waals surface area contributed by atoms with E-state index in [1.807, 2.05) is 19.1 Å². The Morgan fingerprint density at radius 2 is 1.80 bits per heavy atom. The molecular weight excluding hydrogens is 312 g/mol. The zero-order chi connectivity index (χ0) is 17.6. The molecule has 0 aliphatic carbocycles. The molecule has 5 nitrogen and oxygen atoms in total. The summed E-state index contributed by atoms with van der Waals surface area (Å²) in [5.74, 6) is -0.390. The summed E-state index contributed by atoms with van der Waals surface area (Å²) in [5.41, 5.74) is 9.25. The number of carbonyl (C=O) groups excluding carboxylic acids is 1. The fourth-order valence-electron chi connectivity index (χ4n) is 3.24. The van der Waals surface area contributed by atoms with Crippen LogP contribution in [0, 0.1) is 6.92 Å². The Kier molecular flexibility index (Phi) is 5.56. The van der Waals surface area contributed by atoms with E-state index < -0.39 is 0 Å². The van der Waals surface area contributed by atoms with Crippen molar-refractivity contribution in [3.63, 3.8) is 0 Å². The summed E-state index contributed by atoms with van der Waals surface area (Å²) in [5, 5.41) is 3.37. The molecular formula is C20H26N4O. The normalized spacial score (nSPS) is 15.2. The van der Waals surface area contributed by atoms with E-state index in [1.54, 1.807) is 6.07 Å². The third-order valence-corrected chi connectivity index (χ3v) is 4.68. The largest absolute Gasteiger partial charge is 0.383 e. The summed E-state index contributed by atoms with van der Waals surface area (Å²) in [6.45, 7) is 7.95. The number of aryl methyl sites for hydroxylation is 1. The number of nitrogens with one attached hydrogen (secondary N) is 1. The van der Waals surface area contributed by atoms with E-state index >= 15 is 0 Å². The lowest BCUT2D eigenvalue weighted by Crippen LogP contribution is -2.47. The summed E-state index contributed by atoms with van der Waals surface area (Å²) in [7, 11) is 0. The molecule has 0 aromatic heterocycles. The lowest BCUT2D eigenvalue weighted by atomic mass is 10.1. The van der Waals surface area contributed by atoms with Crippen molar-refractivity contribution in [2.24, 2.45) is 5.73 Å². The maximum absolute atomic E-state index is 11.5. The van der Waals surface area contributed by atoms with Crippen molar-refractivity contribution in [1.82, 2.24) is 4.90 Å². The first-order valence-corrected chi connectivity index (χ1v) is 8.80. The van der Waals surface area contributed by atoms with Gasteiger partial charge in [-0.25, -0.2) is 0 Å². The summed E-state index contributed by atoms with van der Waals surface area (Å²) >= 11 is 0. The first-order valence-electron chi connectivity index (χ1n) is 8.80. The predicted molar refractivity (Wildman–Crippen MR) is 103 cm³/mol. The first kappa shape index (κ1) is 17.3. The highest BCUT2D eigenvalue weighted by atomic mass is 16.1. The standard InChI is InChI=1S/C20H26N4O/c1-16-7-8-18(20(21)25)19(15-16)22-9-10-23-11-13-24(14-12-23)17-5-3-2-4-6-17/h2-8,15,22H,9-14H2,1H3,(H2,21,25). The van der Waals surface area contributed by atoms with Gasteiger partial charge in [0.05, 0.1) is 5.56 Å². The van der Waals surface area contributed by atoms with Gasteiger partial charge in [0, 0.05) is 50.6 Å². The van der Waals surface area contributed by atoms with Crippen molar-refractivity contribution in [1.29, 1.82) is 0 Å². The van der Waals surface area contributed by atoms with Crippen LogP contribution >= 0.6 is 0 Å². The third kappa shape index (κ3) is 4.51. The monoisotopic (exact) mass is 338 g/mol. The molecule has 132 valence electrons. The van der Waals surface area contributed by atoms with Gasteiger partial charge in [0.1, 0.15) is 0 Å². The Hall–Kier alpha value is -2.53. The number of amides is 1. The van der Waals surface area contributed by atoms with E-state index in [0.717, 1.165) is 50.5 Å². The van der Waals surface area contributed by atoms with Crippen LogP contribution in [-0.2, 0) is 0 Å². The van der Waals surface area contributed by atoms with Crippen molar-refractivity contribution >= 4 is 17.3 Å². The number of hydrogen-bond acceptors (Lipinski definition) is 4. The molecule has 1 aliphatic heterocycles. The number of piperazine rings is 1. The second-order valence-corrected chi connectivity index (χ2v) is 6.50. The highest BCUT2D eigenvalue weighted by Crippen LogP contribution is 2.18. The lowest BCUT2D eigenvalue weighted by molar-refractivity contribution is 0.100. The van der Waals surface area contributed by atoms with Crippen LogP contribution < -0.4 is 16.0 Å². The highest BCUT2D eigenvalue weighted by Gasteiger charge is 2.16. The van der Waals surface area contributed by atoms with E-state index in [2.05, 4.69) is 45.4 Å². The van der Waals surface area contributed by atoms with Crippen LogP contribution in [0.15, 0.2) is 48.5 Å². The maximum atomic E-state index is 11.5. The Balaban J connectivity index is 1.48. The van der Waals surface area contributed by atoms with Crippen molar-refractivity contribution in [2.45, 2.75) is 6.92 Å². The zero-order valence-corrected chi connectivity index (χ0v) is 14.7. The van der Waals surface area contributed by atoms with Crippen molar-refractivity contribution in [2.75, 3.05) is 49.5 Å². The van der Waals surface area contributed by atoms with E-state index in [4.69, 9.17) is 5.73 Å². The molecule has 0 radical (unpaired) electrons. The lowest BCUT2D eigenvalue weighted by Gasteiger charge is -2.36. The van der Waals surface area contributed by atoms with Gasteiger partial charge >= 0.3 is 0 Å². The smallest absolute Gasteiger partial charge is 0.250 e. The van der Waals surface area contributed by atoms with E-state index in [1.165, 1.54) is 5.69 Å². The Morgan fingerprint density at radius 3 is 2.48 bits per heavy atom. The maximum Gasteiger partial charge on any atom is 0.250 e. The molecule has 2 aromatic carbocycles. The molecule has 2 aromatic rings. The third-order valence-electron chi connectivity index (χ3n) is 4.68. The van der Waals surface area contributed by atoms with Crippen LogP contribution in [0.4, 0.5) is 11.4 Å². The minimum Gasteiger partial charge on any atom is -0.383 e. The minimum absolute atomic E-state index is 0.390. The SMILES string of the molecule is Cc1ccc(C(N)=O)c(NCCN2CCN(c3ccccc3)CC2)c1. The quantitative estimate of drug-likeness (QED) is 0.849. The average molecular weight is 338 g/mol. The summed E-state index contributed by atoms with van der Waals surface area (Å²) in [4.78, 5) is 16.4. The van der Waals surface area contributed by atoms with Crippen LogP contribution in [-0.4, -0.2) is 50.1 Å². The molecule has 25 heavy (non-hydrogen) atoms. The van der Waals surface area contributed by atoms with Crippen molar-refractivity contribution in [3.8, 4) is 0 Å². The average Bonchev–Trinajstić information content (AvgIpc) is 2.63. The molecule has 1 heterocycles. The number of para-hydroxylation sites is 1. The number of hydrogen-bond donors (Lipinski definition) is 2. The molecule has 1 fully saturated rings. The summed E-state index contributed by atoms with van der Waals surface area (Å²) in [6, 6.07) is 16.2. The molecule has 0 bridgehead atoms. The second-order valence-electron chi connectivity index (χ2n) is 6.50. The first-order chi connectivity index (χ1) is 12.1. The summed E-state index contributed by atoms with van der Waals surface area (Å²) in [6.07, 6.45) is 0. The topological polar surface area (TPSA) is 61.6 Å². The fraction of sp³-hybridized carbons (Fsp3) is 0.350. The molecule has 1 aliphatic rings. The number of nitrogens with zero attached hydrogens (tertiary/aromatic N) is 2. The van der Waals surface area contributed by atoms with E-state index in [0.29, 0.717) is 5.56 Å². The number of benzene rings is 2. The Morgan fingerprint density at radius 1 is 1.08 bits per heavy atom. The summed E-state index contributed by atoms with van der Waals surface area (Å²) < 4.78 is 0. The van der Waals surface area contributed by atoms with Gasteiger partial charge in [0.25, 0.3) is 5.91 Å². The molecule has 0 atom stereocenters. The van der Waals surface area contributed by atoms with Crippen LogP contribution in [0.5, 0.6) is 0 Å². The number of rotatable bonds is 6. The number of anilines is 2. The molecule has 5 heteroatoms. The molecule has 0 unspecified atom stereocenters.